The Morgan fingerprint density at radius 1 is 0.926 bits per heavy atom. The molecule has 2 aromatic carbocycles. The molecule has 0 aromatic heterocycles. The number of benzene rings is 2. The Labute approximate surface area is 163 Å². The van der Waals surface area contributed by atoms with Crippen LogP contribution in [0, 0.1) is 0 Å². The van der Waals surface area contributed by atoms with Gasteiger partial charge in [0.2, 0.25) is 0 Å². The molecule has 140 valence electrons. The van der Waals surface area contributed by atoms with Crippen molar-refractivity contribution in [3.05, 3.63) is 70.6 Å². The number of ether oxygens (including phenoxy) is 2. The normalized spacial score (nSPS) is 14.2. The second-order valence-corrected chi connectivity index (χ2v) is 6.92. The summed E-state index contributed by atoms with van der Waals surface area (Å²) in [5, 5.41) is 0. The number of hydrogen-bond acceptors (Lipinski definition) is 5. The lowest BCUT2D eigenvalue weighted by atomic mass is 10.1. The molecule has 1 heterocycles. The van der Waals surface area contributed by atoms with Crippen molar-refractivity contribution < 1.29 is 19.1 Å². The fraction of sp³-hybridized carbons (Fsp3) is 0.238. The van der Waals surface area contributed by atoms with Gasteiger partial charge in [0.1, 0.15) is 5.75 Å². The zero-order valence-corrected chi connectivity index (χ0v) is 16.1. The summed E-state index contributed by atoms with van der Waals surface area (Å²) < 4.78 is 10.5. The van der Waals surface area contributed by atoms with Crippen molar-refractivity contribution in [1.29, 1.82) is 0 Å². The molecule has 1 aliphatic rings. The average molecular weight is 383 g/mol. The minimum absolute atomic E-state index is 0.224. The van der Waals surface area contributed by atoms with Gasteiger partial charge in [0.15, 0.2) is 0 Å². The number of methoxy groups -OCH3 is 2. The van der Waals surface area contributed by atoms with E-state index >= 15 is 0 Å². The molecule has 6 heteroatoms. The molecule has 0 fully saturated rings. The van der Waals surface area contributed by atoms with E-state index in [1.165, 1.54) is 16.7 Å². The van der Waals surface area contributed by atoms with E-state index in [-0.39, 0.29) is 18.4 Å². The van der Waals surface area contributed by atoms with Crippen molar-refractivity contribution in [2.75, 3.05) is 27.4 Å². The summed E-state index contributed by atoms with van der Waals surface area (Å²) in [6, 6.07) is 17.1. The van der Waals surface area contributed by atoms with Crippen LogP contribution in [0.25, 0.3) is 5.57 Å². The summed E-state index contributed by atoms with van der Waals surface area (Å²) in [6.07, 6.45) is 0. The first-order valence-electron chi connectivity index (χ1n) is 8.57. The first kappa shape index (κ1) is 19.2. The largest absolute Gasteiger partial charge is 0.496 e. The number of amides is 2. The molecule has 0 radical (unpaired) electrons. The van der Waals surface area contributed by atoms with Crippen LogP contribution in [-0.4, -0.2) is 44.1 Å². The predicted octanol–water partition coefficient (Wildman–Crippen LogP) is 3.35. The third-order valence-corrected chi connectivity index (χ3v) is 5.39. The fourth-order valence-corrected chi connectivity index (χ4v) is 3.97. The smallest absolute Gasteiger partial charge is 0.268 e. The molecule has 0 aliphatic carbocycles. The summed E-state index contributed by atoms with van der Waals surface area (Å²) in [5.41, 5.74) is 2.12. The summed E-state index contributed by atoms with van der Waals surface area (Å²) in [6.45, 7) is 0.523. The van der Waals surface area contributed by atoms with Gasteiger partial charge in [0.25, 0.3) is 11.8 Å². The topological polar surface area (TPSA) is 55.8 Å². The number of rotatable bonds is 8. The van der Waals surface area contributed by atoms with Crippen LogP contribution in [0.15, 0.2) is 59.5 Å². The number of nitrogens with zero attached hydrogens (tertiary/aromatic N) is 1. The van der Waals surface area contributed by atoms with E-state index in [0.717, 1.165) is 5.56 Å². The fourth-order valence-electron chi connectivity index (χ4n) is 2.89. The molecule has 3 rings (SSSR count). The second-order valence-electron chi connectivity index (χ2n) is 5.93. The molecule has 0 bridgehead atoms. The van der Waals surface area contributed by atoms with Crippen molar-refractivity contribution >= 4 is 29.1 Å². The van der Waals surface area contributed by atoms with Gasteiger partial charge in [0, 0.05) is 18.4 Å². The highest BCUT2D eigenvalue weighted by molar-refractivity contribution is 8.03. The van der Waals surface area contributed by atoms with E-state index in [9.17, 15) is 9.59 Å². The molecular formula is C21H21NO4S. The molecule has 2 aromatic rings. The molecule has 0 atom stereocenters. The van der Waals surface area contributed by atoms with Gasteiger partial charge in [-0.3, -0.25) is 14.5 Å². The van der Waals surface area contributed by atoms with Crippen molar-refractivity contribution in [2.45, 2.75) is 5.75 Å². The third-order valence-electron chi connectivity index (χ3n) is 4.25. The number of hydrogen-bond donors (Lipinski definition) is 0. The van der Waals surface area contributed by atoms with E-state index in [2.05, 4.69) is 0 Å². The van der Waals surface area contributed by atoms with Crippen molar-refractivity contribution in [3.8, 4) is 5.75 Å². The quantitative estimate of drug-likeness (QED) is 0.655. The Morgan fingerprint density at radius 3 is 2.33 bits per heavy atom. The van der Waals surface area contributed by atoms with E-state index < -0.39 is 0 Å². The number of thioether (sulfide) groups is 1. The minimum atomic E-state index is -0.308. The minimum Gasteiger partial charge on any atom is -0.496 e. The van der Waals surface area contributed by atoms with Crippen LogP contribution >= 0.6 is 11.8 Å². The molecule has 0 saturated heterocycles. The standard InChI is InChI=1S/C21H21NO4S/c1-25-13-12-22-20(23)18(16-10-6-7-11-17(16)26-2)19(21(22)24)27-14-15-8-4-3-5-9-15/h3-11H,12-14H2,1-2H3. The average Bonchev–Trinajstić information content (AvgIpc) is 2.94. The van der Waals surface area contributed by atoms with Crippen molar-refractivity contribution in [2.24, 2.45) is 0 Å². The number of imide groups is 1. The highest BCUT2D eigenvalue weighted by Crippen LogP contribution is 2.40. The Morgan fingerprint density at radius 2 is 1.63 bits per heavy atom. The second kappa shape index (κ2) is 8.88. The van der Waals surface area contributed by atoms with E-state index in [4.69, 9.17) is 9.47 Å². The van der Waals surface area contributed by atoms with Crippen molar-refractivity contribution in [1.82, 2.24) is 4.90 Å². The van der Waals surface area contributed by atoms with E-state index in [1.54, 1.807) is 20.3 Å². The lowest BCUT2D eigenvalue weighted by Crippen LogP contribution is -2.34. The van der Waals surface area contributed by atoms with Crippen LogP contribution in [0.5, 0.6) is 5.75 Å². The molecule has 0 N–H and O–H groups in total. The molecule has 5 nitrogen and oxygen atoms in total. The van der Waals surface area contributed by atoms with Gasteiger partial charge in [-0.2, -0.15) is 0 Å². The van der Waals surface area contributed by atoms with Gasteiger partial charge in [-0.15, -0.1) is 11.8 Å². The SMILES string of the molecule is COCCN1C(=O)C(SCc2ccccc2)=C(c2ccccc2OC)C1=O. The molecule has 0 unspecified atom stereocenters. The maximum atomic E-state index is 13.0. The first-order chi connectivity index (χ1) is 13.2. The zero-order chi connectivity index (χ0) is 19.2. The summed E-state index contributed by atoms with van der Waals surface area (Å²) >= 11 is 1.38. The van der Waals surface area contributed by atoms with Crippen LogP contribution in [0.3, 0.4) is 0 Å². The lowest BCUT2D eigenvalue weighted by molar-refractivity contribution is -0.137. The Kier molecular flexibility index (Phi) is 6.32. The van der Waals surface area contributed by atoms with Crippen LogP contribution < -0.4 is 4.74 Å². The maximum Gasteiger partial charge on any atom is 0.268 e. The lowest BCUT2D eigenvalue weighted by Gasteiger charge is -2.14. The van der Waals surface area contributed by atoms with Gasteiger partial charge >= 0.3 is 0 Å². The molecule has 27 heavy (non-hydrogen) atoms. The van der Waals surface area contributed by atoms with E-state index in [0.29, 0.717) is 34.2 Å². The van der Waals surface area contributed by atoms with Crippen LogP contribution in [0.1, 0.15) is 11.1 Å². The van der Waals surface area contributed by atoms with Crippen molar-refractivity contribution in [3.63, 3.8) is 0 Å². The summed E-state index contributed by atoms with van der Waals surface area (Å²) in [5.74, 6) is 0.586. The zero-order valence-electron chi connectivity index (χ0n) is 15.3. The first-order valence-corrected chi connectivity index (χ1v) is 9.55. The predicted molar refractivity (Wildman–Crippen MR) is 106 cm³/mol. The van der Waals surface area contributed by atoms with Crippen LogP contribution in [-0.2, 0) is 20.1 Å². The number of carbonyl (C=O) groups is 2. The highest BCUT2D eigenvalue weighted by Gasteiger charge is 2.39. The Balaban J connectivity index is 1.99. The number of para-hydroxylation sites is 1. The van der Waals surface area contributed by atoms with Crippen LogP contribution in [0.2, 0.25) is 0 Å². The van der Waals surface area contributed by atoms with Gasteiger partial charge in [-0.1, -0.05) is 48.5 Å². The molecule has 0 saturated carbocycles. The van der Waals surface area contributed by atoms with Gasteiger partial charge in [0.05, 0.1) is 30.7 Å². The Hall–Kier alpha value is -2.57. The van der Waals surface area contributed by atoms with Gasteiger partial charge in [-0.25, -0.2) is 0 Å². The maximum absolute atomic E-state index is 13.0. The van der Waals surface area contributed by atoms with Gasteiger partial charge in [-0.05, 0) is 11.6 Å². The highest BCUT2D eigenvalue weighted by atomic mass is 32.2. The monoisotopic (exact) mass is 383 g/mol. The number of carbonyl (C=O) groups excluding carboxylic acids is 2. The molecule has 2 amide bonds. The summed E-state index contributed by atoms with van der Waals surface area (Å²) in [7, 11) is 3.10. The third kappa shape index (κ3) is 4.07. The molecule has 0 spiro atoms. The van der Waals surface area contributed by atoms with E-state index in [1.807, 2.05) is 48.5 Å². The molecule has 1 aliphatic heterocycles. The van der Waals surface area contributed by atoms with Gasteiger partial charge < -0.3 is 9.47 Å². The molecular weight excluding hydrogens is 362 g/mol. The van der Waals surface area contributed by atoms with Crippen LogP contribution in [0.4, 0.5) is 0 Å². The Bertz CT molecular complexity index is 863. The summed E-state index contributed by atoms with van der Waals surface area (Å²) in [4.78, 5) is 27.7.